The SMILES string of the molecule is CCOC(=O)c1cn[c]nc1C1CCCCC1. The summed E-state index contributed by atoms with van der Waals surface area (Å²) in [6.07, 6.45) is 9.99. The predicted octanol–water partition coefficient (Wildman–Crippen LogP) is 2.50. The van der Waals surface area contributed by atoms with E-state index in [9.17, 15) is 4.79 Å². The molecule has 1 aromatic rings. The van der Waals surface area contributed by atoms with Crippen molar-refractivity contribution in [2.24, 2.45) is 0 Å². The third-order valence-corrected chi connectivity index (χ3v) is 3.19. The summed E-state index contributed by atoms with van der Waals surface area (Å²) in [6.45, 7) is 2.18. The molecule has 0 unspecified atom stereocenters. The molecule has 1 aromatic heterocycles. The largest absolute Gasteiger partial charge is 0.462 e. The van der Waals surface area contributed by atoms with Crippen LogP contribution in [0, 0.1) is 6.33 Å². The zero-order valence-electron chi connectivity index (χ0n) is 10.1. The molecule has 0 spiro atoms. The average Bonchev–Trinajstić information content (AvgIpc) is 2.40. The minimum atomic E-state index is -0.318. The molecule has 1 aliphatic carbocycles. The molecule has 91 valence electrons. The first-order valence-corrected chi connectivity index (χ1v) is 6.23. The Hall–Kier alpha value is -1.45. The van der Waals surface area contributed by atoms with Crippen LogP contribution in [-0.2, 0) is 4.74 Å². The van der Waals surface area contributed by atoms with Gasteiger partial charge in [-0.05, 0) is 19.8 Å². The lowest BCUT2D eigenvalue weighted by Crippen LogP contribution is -2.15. The molecule has 1 saturated carbocycles. The highest BCUT2D eigenvalue weighted by atomic mass is 16.5. The summed E-state index contributed by atoms with van der Waals surface area (Å²) in [4.78, 5) is 19.8. The second kappa shape index (κ2) is 5.75. The fourth-order valence-electron chi connectivity index (χ4n) is 2.36. The maximum Gasteiger partial charge on any atom is 0.341 e. The zero-order chi connectivity index (χ0) is 12.1. The third kappa shape index (κ3) is 2.81. The van der Waals surface area contributed by atoms with Gasteiger partial charge in [-0.25, -0.2) is 14.8 Å². The van der Waals surface area contributed by atoms with E-state index in [2.05, 4.69) is 16.3 Å². The number of nitrogens with zero attached hydrogens (tertiary/aromatic N) is 2. The lowest BCUT2D eigenvalue weighted by molar-refractivity contribution is 0.0523. The van der Waals surface area contributed by atoms with Crippen molar-refractivity contribution in [1.82, 2.24) is 9.97 Å². The molecule has 1 fully saturated rings. The minimum absolute atomic E-state index is 0.318. The molecular weight excluding hydrogens is 216 g/mol. The van der Waals surface area contributed by atoms with Crippen molar-refractivity contribution in [2.45, 2.75) is 44.9 Å². The normalized spacial score (nSPS) is 16.8. The van der Waals surface area contributed by atoms with Gasteiger partial charge >= 0.3 is 5.97 Å². The Labute approximate surface area is 101 Å². The van der Waals surface area contributed by atoms with E-state index in [1.807, 2.05) is 0 Å². The lowest BCUT2D eigenvalue weighted by Gasteiger charge is -2.22. The molecule has 0 N–H and O–H groups in total. The van der Waals surface area contributed by atoms with Crippen LogP contribution < -0.4 is 0 Å². The molecule has 1 radical (unpaired) electrons. The van der Waals surface area contributed by atoms with Gasteiger partial charge in [0, 0.05) is 12.1 Å². The van der Waals surface area contributed by atoms with Gasteiger partial charge in [0.25, 0.3) is 0 Å². The van der Waals surface area contributed by atoms with Gasteiger partial charge in [-0.15, -0.1) is 0 Å². The van der Waals surface area contributed by atoms with E-state index < -0.39 is 0 Å². The van der Waals surface area contributed by atoms with E-state index in [0.29, 0.717) is 18.1 Å². The van der Waals surface area contributed by atoms with E-state index in [4.69, 9.17) is 4.74 Å². The van der Waals surface area contributed by atoms with Crippen molar-refractivity contribution in [3.63, 3.8) is 0 Å². The van der Waals surface area contributed by atoms with Gasteiger partial charge < -0.3 is 4.74 Å². The standard InChI is InChI=1S/C13H17N2O2/c1-2-17-13(16)11-8-14-9-15-12(11)10-6-4-3-5-7-10/h8,10H,2-7H2,1H3. The molecule has 0 saturated heterocycles. The van der Waals surface area contributed by atoms with Gasteiger partial charge in [-0.1, -0.05) is 19.3 Å². The highest BCUT2D eigenvalue weighted by molar-refractivity contribution is 5.90. The Kier molecular flexibility index (Phi) is 4.07. The number of carbonyl (C=O) groups is 1. The number of rotatable bonds is 3. The Morgan fingerprint density at radius 1 is 1.47 bits per heavy atom. The Balaban J connectivity index is 2.23. The molecule has 0 aromatic carbocycles. The molecule has 2 rings (SSSR count). The second-order valence-corrected chi connectivity index (χ2v) is 4.32. The fraction of sp³-hybridized carbons (Fsp3) is 0.615. The molecule has 1 heterocycles. The van der Waals surface area contributed by atoms with Crippen LogP contribution in [0.25, 0.3) is 0 Å². The van der Waals surface area contributed by atoms with Crippen molar-refractivity contribution in [1.29, 1.82) is 0 Å². The van der Waals surface area contributed by atoms with Crippen LogP contribution in [0.15, 0.2) is 6.20 Å². The first kappa shape index (κ1) is 12.0. The van der Waals surface area contributed by atoms with Gasteiger partial charge in [0.1, 0.15) is 0 Å². The van der Waals surface area contributed by atoms with E-state index >= 15 is 0 Å². The first-order chi connectivity index (χ1) is 8.33. The summed E-state index contributed by atoms with van der Waals surface area (Å²) < 4.78 is 5.03. The summed E-state index contributed by atoms with van der Waals surface area (Å²) in [5.74, 6) is 0.0458. The van der Waals surface area contributed by atoms with Crippen molar-refractivity contribution < 1.29 is 9.53 Å². The predicted molar refractivity (Wildman–Crippen MR) is 62.7 cm³/mol. The fourth-order valence-corrected chi connectivity index (χ4v) is 2.36. The van der Waals surface area contributed by atoms with Crippen molar-refractivity contribution in [3.05, 3.63) is 23.8 Å². The summed E-state index contributed by atoms with van der Waals surface area (Å²) >= 11 is 0. The van der Waals surface area contributed by atoms with Gasteiger partial charge in [0.2, 0.25) is 0 Å². The molecule has 4 heteroatoms. The van der Waals surface area contributed by atoms with Crippen LogP contribution in [0.2, 0.25) is 0 Å². The molecule has 0 aliphatic heterocycles. The maximum atomic E-state index is 11.8. The Morgan fingerprint density at radius 2 is 2.24 bits per heavy atom. The van der Waals surface area contributed by atoms with E-state index in [0.717, 1.165) is 18.5 Å². The van der Waals surface area contributed by atoms with E-state index in [1.165, 1.54) is 25.5 Å². The van der Waals surface area contributed by atoms with Crippen LogP contribution in [-0.4, -0.2) is 22.5 Å². The minimum Gasteiger partial charge on any atom is -0.462 e. The van der Waals surface area contributed by atoms with Gasteiger partial charge in [-0.2, -0.15) is 0 Å². The van der Waals surface area contributed by atoms with Crippen molar-refractivity contribution >= 4 is 5.97 Å². The van der Waals surface area contributed by atoms with Crippen LogP contribution in [0.5, 0.6) is 0 Å². The van der Waals surface area contributed by atoms with Crippen molar-refractivity contribution in [3.8, 4) is 0 Å². The smallest absolute Gasteiger partial charge is 0.341 e. The summed E-state index contributed by atoms with van der Waals surface area (Å²) in [5, 5.41) is 0. The number of hydrogen-bond acceptors (Lipinski definition) is 4. The van der Waals surface area contributed by atoms with E-state index in [1.54, 1.807) is 6.92 Å². The zero-order valence-corrected chi connectivity index (χ0v) is 10.1. The number of aromatic nitrogens is 2. The van der Waals surface area contributed by atoms with E-state index in [-0.39, 0.29) is 5.97 Å². The number of carbonyl (C=O) groups excluding carboxylic acids is 1. The second-order valence-electron chi connectivity index (χ2n) is 4.32. The number of hydrogen-bond donors (Lipinski definition) is 0. The average molecular weight is 233 g/mol. The van der Waals surface area contributed by atoms with Crippen LogP contribution >= 0.6 is 0 Å². The summed E-state index contributed by atoms with van der Waals surface area (Å²) in [7, 11) is 0. The molecule has 0 bridgehead atoms. The molecule has 0 atom stereocenters. The van der Waals surface area contributed by atoms with Gasteiger partial charge in [-0.3, -0.25) is 0 Å². The quantitative estimate of drug-likeness (QED) is 0.753. The van der Waals surface area contributed by atoms with Gasteiger partial charge in [0.15, 0.2) is 6.33 Å². The third-order valence-electron chi connectivity index (χ3n) is 3.19. The molecule has 1 aliphatic rings. The number of esters is 1. The Bertz CT molecular complexity index is 387. The summed E-state index contributed by atoms with van der Waals surface area (Å²) in [6, 6.07) is 0. The monoisotopic (exact) mass is 233 g/mol. The highest BCUT2D eigenvalue weighted by Crippen LogP contribution is 2.32. The molecule has 0 amide bonds. The summed E-state index contributed by atoms with van der Waals surface area (Å²) in [5.41, 5.74) is 1.33. The molecular formula is C13H17N2O2. The van der Waals surface area contributed by atoms with Crippen LogP contribution in [0.4, 0.5) is 0 Å². The molecule has 4 nitrogen and oxygen atoms in total. The van der Waals surface area contributed by atoms with Gasteiger partial charge in [0.05, 0.1) is 17.9 Å². The number of ether oxygens (including phenoxy) is 1. The topological polar surface area (TPSA) is 52.1 Å². The first-order valence-electron chi connectivity index (χ1n) is 6.23. The maximum absolute atomic E-state index is 11.8. The molecule has 17 heavy (non-hydrogen) atoms. The van der Waals surface area contributed by atoms with Crippen LogP contribution in [0.1, 0.15) is 61.0 Å². The highest BCUT2D eigenvalue weighted by Gasteiger charge is 2.23. The van der Waals surface area contributed by atoms with Crippen LogP contribution in [0.3, 0.4) is 0 Å². The lowest BCUT2D eigenvalue weighted by atomic mass is 9.85. The van der Waals surface area contributed by atoms with Crippen molar-refractivity contribution in [2.75, 3.05) is 6.61 Å². The Morgan fingerprint density at radius 3 is 2.94 bits per heavy atom.